The minimum absolute atomic E-state index is 0.237. The number of aliphatic carboxylic acids is 1. The molecule has 1 rings (SSSR count). The predicted octanol–water partition coefficient (Wildman–Crippen LogP) is 0.621. The van der Waals surface area contributed by atoms with Crippen LogP contribution >= 0.6 is 0 Å². The van der Waals surface area contributed by atoms with Crippen LogP contribution < -0.4 is 16.1 Å². The molecule has 28 heavy (non-hydrogen) atoms. The molecule has 1 aliphatic heterocycles. The number of alkyl carbamates (subject to hydrolysis) is 1. The lowest BCUT2D eigenvalue weighted by Crippen LogP contribution is -2.60. The summed E-state index contributed by atoms with van der Waals surface area (Å²) in [6.45, 7) is 10.5. The van der Waals surface area contributed by atoms with Crippen molar-refractivity contribution < 1.29 is 29.0 Å². The zero-order chi connectivity index (χ0) is 21.6. The number of carboxylic acid groups (broad SMARTS) is 1. The molecule has 0 aliphatic carbocycles. The van der Waals surface area contributed by atoms with E-state index in [0.29, 0.717) is 19.4 Å². The van der Waals surface area contributed by atoms with E-state index in [1.807, 2.05) is 0 Å². The number of rotatable bonds is 6. The third kappa shape index (κ3) is 7.34. The first kappa shape index (κ1) is 23.7. The highest BCUT2D eigenvalue weighted by molar-refractivity contribution is 5.91. The first-order valence-electron chi connectivity index (χ1n) is 9.42. The van der Waals surface area contributed by atoms with Crippen molar-refractivity contribution in [2.45, 2.75) is 78.1 Å². The second-order valence-electron chi connectivity index (χ2n) is 8.25. The normalized spacial score (nSPS) is 19.5. The molecule has 10 nitrogen and oxygen atoms in total. The van der Waals surface area contributed by atoms with Crippen molar-refractivity contribution in [1.29, 1.82) is 0 Å². The van der Waals surface area contributed by atoms with Gasteiger partial charge in [0, 0.05) is 6.54 Å². The summed E-state index contributed by atoms with van der Waals surface area (Å²) in [5.41, 5.74) is 1.96. The Morgan fingerprint density at radius 2 is 1.75 bits per heavy atom. The third-order valence-electron chi connectivity index (χ3n) is 4.10. The Kier molecular flexibility index (Phi) is 8.22. The number of hydrazine groups is 1. The van der Waals surface area contributed by atoms with Crippen molar-refractivity contribution in [1.82, 2.24) is 21.1 Å². The average molecular weight is 400 g/mol. The van der Waals surface area contributed by atoms with Crippen molar-refractivity contribution in [3.63, 3.8) is 0 Å². The number of carbonyl (C=O) groups excluding carboxylic acids is 3. The fraction of sp³-hybridized carbons (Fsp3) is 0.778. The smallest absolute Gasteiger partial charge is 0.408 e. The number of hydrogen-bond acceptors (Lipinski definition) is 6. The molecule has 1 fully saturated rings. The summed E-state index contributed by atoms with van der Waals surface area (Å²) in [5, 5.41) is 15.4. The number of nitrogens with one attached hydrogen (secondary N) is 3. The molecule has 0 aromatic rings. The minimum atomic E-state index is -1.03. The van der Waals surface area contributed by atoms with Gasteiger partial charge in [-0.1, -0.05) is 13.8 Å². The summed E-state index contributed by atoms with van der Waals surface area (Å²) < 4.78 is 5.18. The van der Waals surface area contributed by atoms with Crippen LogP contribution in [0.4, 0.5) is 4.79 Å². The fourth-order valence-electron chi connectivity index (χ4n) is 2.69. The number of ether oxygens (including phenoxy) is 1. The van der Waals surface area contributed by atoms with E-state index in [2.05, 4.69) is 16.1 Å². The Balaban J connectivity index is 2.69. The second kappa shape index (κ2) is 9.72. The zero-order valence-electron chi connectivity index (χ0n) is 17.4. The second-order valence-corrected chi connectivity index (χ2v) is 8.25. The van der Waals surface area contributed by atoms with E-state index in [0.717, 1.165) is 0 Å². The minimum Gasteiger partial charge on any atom is -0.480 e. The van der Waals surface area contributed by atoms with Crippen LogP contribution in [0.25, 0.3) is 0 Å². The van der Waals surface area contributed by atoms with Gasteiger partial charge in [0.1, 0.15) is 23.7 Å². The van der Waals surface area contributed by atoms with E-state index in [1.54, 1.807) is 34.6 Å². The highest BCUT2D eigenvalue weighted by atomic mass is 16.6. The summed E-state index contributed by atoms with van der Waals surface area (Å²) >= 11 is 0. The van der Waals surface area contributed by atoms with Crippen molar-refractivity contribution in [2.24, 2.45) is 5.92 Å². The molecule has 1 unspecified atom stereocenters. The molecule has 0 saturated carbocycles. The molecule has 0 radical (unpaired) electrons. The number of nitrogens with zero attached hydrogens (tertiary/aromatic N) is 1. The molecule has 160 valence electrons. The van der Waals surface area contributed by atoms with Gasteiger partial charge in [-0.15, -0.1) is 0 Å². The van der Waals surface area contributed by atoms with Gasteiger partial charge in [0.25, 0.3) is 5.91 Å². The van der Waals surface area contributed by atoms with Crippen LogP contribution in [0.5, 0.6) is 0 Å². The van der Waals surface area contributed by atoms with E-state index in [9.17, 15) is 19.2 Å². The van der Waals surface area contributed by atoms with Gasteiger partial charge in [0.05, 0.1) is 0 Å². The van der Waals surface area contributed by atoms with Crippen LogP contribution in [0.15, 0.2) is 0 Å². The van der Waals surface area contributed by atoms with E-state index in [4.69, 9.17) is 9.84 Å². The predicted molar refractivity (Wildman–Crippen MR) is 101 cm³/mol. The molecule has 3 amide bonds. The van der Waals surface area contributed by atoms with Gasteiger partial charge in [-0.05, 0) is 46.5 Å². The van der Waals surface area contributed by atoms with E-state index in [1.165, 1.54) is 11.9 Å². The van der Waals surface area contributed by atoms with E-state index < -0.39 is 47.6 Å². The quantitative estimate of drug-likeness (QED) is 0.513. The number of carboxylic acids is 1. The van der Waals surface area contributed by atoms with Gasteiger partial charge >= 0.3 is 12.1 Å². The monoisotopic (exact) mass is 400 g/mol. The molecule has 1 saturated heterocycles. The van der Waals surface area contributed by atoms with Gasteiger partial charge in [-0.25, -0.2) is 10.2 Å². The maximum Gasteiger partial charge on any atom is 0.408 e. The van der Waals surface area contributed by atoms with Crippen molar-refractivity contribution in [2.75, 3.05) is 6.54 Å². The van der Waals surface area contributed by atoms with E-state index in [-0.39, 0.29) is 5.92 Å². The Bertz CT molecular complexity index is 601. The fourth-order valence-corrected chi connectivity index (χ4v) is 2.69. The van der Waals surface area contributed by atoms with Gasteiger partial charge < -0.3 is 20.5 Å². The van der Waals surface area contributed by atoms with Crippen LogP contribution in [0.1, 0.15) is 54.4 Å². The summed E-state index contributed by atoms with van der Waals surface area (Å²) in [5.74, 6) is -2.23. The lowest BCUT2D eigenvalue weighted by Gasteiger charge is -2.34. The third-order valence-corrected chi connectivity index (χ3v) is 4.10. The van der Waals surface area contributed by atoms with Crippen LogP contribution in [-0.2, 0) is 19.1 Å². The highest BCUT2D eigenvalue weighted by Crippen LogP contribution is 2.11. The van der Waals surface area contributed by atoms with Crippen molar-refractivity contribution in [3.05, 3.63) is 0 Å². The van der Waals surface area contributed by atoms with Crippen LogP contribution in [0, 0.1) is 5.92 Å². The molecule has 10 heteroatoms. The summed E-state index contributed by atoms with van der Waals surface area (Å²) in [6.07, 6.45) is 0.252. The number of carbonyl (C=O) groups is 4. The molecule has 0 bridgehead atoms. The largest absolute Gasteiger partial charge is 0.480 e. The Labute approximate surface area is 165 Å². The van der Waals surface area contributed by atoms with Crippen molar-refractivity contribution in [3.8, 4) is 0 Å². The standard InChI is InChI=1S/C18H32N4O6/c1-10(2)13(20-17(27)28-18(4,5)6)14(23)19-11(3)15(24)22-9-7-8-12(21-22)16(25)26/h10-13,21H,7-9H2,1-6H3,(H,19,23)(H,20,27)(H,25,26)/t11-,12-,13?/m0/s1. The Hall–Kier alpha value is -2.36. The molecule has 0 spiro atoms. The van der Waals surface area contributed by atoms with Crippen LogP contribution in [-0.4, -0.2) is 64.3 Å². The maximum absolute atomic E-state index is 12.6. The average Bonchev–Trinajstić information content (AvgIpc) is 2.57. The molecule has 3 atom stereocenters. The van der Waals surface area contributed by atoms with Gasteiger partial charge in [0.2, 0.25) is 5.91 Å². The summed E-state index contributed by atoms with van der Waals surface area (Å²) in [6, 6.07) is -2.61. The molecular weight excluding hydrogens is 368 g/mol. The van der Waals surface area contributed by atoms with Crippen LogP contribution in [0.3, 0.4) is 0 Å². The first-order valence-corrected chi connectivity index (χ1v) is 9.42. The molecule has 0 aromatic carbocycles. The van der Waals surface area contributed by atoms with E-state index >= 15 is 0 Å². The SMILES string of the molecule is CC(C)C(NC(=O)OC(C)(C)C)C(=O)N[C@@H](C)C(=O)N1CCC[C@@H](C(=O)O)N1. The highest BCUT2D eigenvalue weighted by Gasteiger charge is 2.33. The number of hydrogen-bond donors (Lipinski definition) is 4. The first-order chi connectivity index (χ1) is 12.8. The molecule has 0 aromatic heterocycles. The summed E-state index contributed by atoms with van der Waals surface area (Å²) in [7, 11) is 0. The molecule has 4 N–H and O–H groups in total. The zero-order valence-corrected chi connectivity index (χ0v) is 17.4. The molecule has 1 aliphatic rings. The van der Waals surface area contributed by atoms with Gasteiger partial charge in [-0.2, -0.15) is 0 Å². The molecular formula is C18H32N4O6. The number of amides is 3. The lowest BCUT2D eigenvalue weighted by atomic mass is 10.0. The molecule has 1 heterocycles. The lowest BCUT2D eigenvalue weighted by molar-refractivity contribution is -0.148. The van der Waals surface area contributed by atoms with Crippen LogP contribution in [0.2, 0.25) is 0 Å². The Morgan fingerprint density at radius 3 is 2.25 bits per heavy atom. The van der Waals surface area contributed by atoms with Gasteiger partial charge in [0.15, 0.2) is 0 Å². The van der Waals surface area contributed by atoms with Gasteiger partial charge in [-0.3, -0.25) is 19.4 Å². The Morgan fingerprint density at radius 1 is 1.14 bits per heavy atom. The summed E-state index contributed by atoms with van der Waals surface area (Å²) in [4.78, 5) is 48.2. The maximum atomic E-state index is 12.6. The van der Waals surface area contributed by atoms with Crippen molar-refractivity contribution >= 4 is 23.9 Å². The topological polar surface area (TPSA) is 137 Å².